The van der Waals surface area contributed by atoms with Crippen LogP contribution in [-0.2, 0) is 11.8 Å². The van der Waals surface area contributed by atoms with Crippen LogP contribution in [0.3, 0.4) is 0 Å². The van der Waals surface area contributed by atoms with Crippen LogP contribution in [0.15, 0.2) is 67.0 Å². The summed E-state index contributed by atoms with van der Waals surface area (Å²) in [6.07, 6.45) is 3.89. The second-order valence-corrected chi connectivity index (χ2v) is 6.22. The molecule has 0 saturated carbocycles. The molecule has 1 N–H and O–H groups in total. The molecule has 1 amide bonds. The number of nitrogens with zero attached hydrogens (tertiary/aromatic N) is 2. The minimum Gasteiger partial charge on any atom is -0.493 e. The fourth-order valence-corrected chi connectivity index (χ4v) is 2.73. The van der Waals surface area contributed by atoms with E-state index in [9.17, 15) is 4.79 Å². The van der Waals surface area contributed by atoms with Crippen LogP contribution in [0.1, 0.15) is 29.4 Å². The van der Waals surface area contributed by atoms with Crippen molar-refractivity contribution in [3.05, 3.63) is 83.9 Å². The molecule has 0 unspecified atom stereocenters. The smallest absolute Gasteiger partial charge is 0.224 e. The zero-order chi connectivity index (χ0) is 18.4. The third-order valence-electron chi connectivity index (χ3n) is 4.17. The van der Waals surface area contributed by atoms with Crippen LogP contribution >= 0.6 is 0 Å². The van der Waals surface area contributed by atoms with Crippen molar-refractivity contribution in [1.29, 1.82) is 0 Å². The molecular weight excluding hydrogens is 326 g/mol. The number of aryl methyl sites for hydroxylation is 2. The van der Waals surface area contributed by atoms with Gasteiger partial charge in [-0.05, 0) is 24.6 Å². The van der Waals surface area contributed by atoms with Crippen LogP contribution in [0.4, 0.5) is 0 Å². The van der Waals surface area contributed by atoms with Gasteiger partial charge in [-0.15, -0.1) is 0 Å². The predicted octanol–water partition coefficient (Wildman–Crippen LogP) is 3.40. The third-order valence-corrected chi connectivity index (χ3v) is 4.17. The zero-order valence-corrected chi connectivity index (χ0v) is 15.1. The van der Waals surface area contributed by atoms with Crippen molar-refractivity contribution in [2.75, 3.05) is 6.61 Å². The summed E-state index contributed by atoms with van der Waals surface area (Å²) < 4.78 is 7.57. The van der Waals surface area contributed by atoms with E-state index in [4.69, 9.17) is 4.74 Å². The number of hydrogen-bond acceptors (Lipinski definition) is 3. The summed E-state index contributed by atoms with van der Waals surface area (Å²) in [5, 5.41) is 3.07. The molecule has 0 aliphatic rings. The van der Waals surface area contributed by atoms with Crippen LogP contribution in [0.25, 0.3) is 0 Å². The molecule has 5 nitrogen and oxygen atoms in total. The van der Waals surface area contributed by atoms with E-state index in [2.05, 4.69) is 10.3 Å². The Balaban J connectivity index is 1.62. The highest BCUT2D eigenvalue weighted by molar-refractivity contribution is 5.77. The Labute approximate surface area is 153 Å². The topological polar surface area (TPSA) is 56.1 Å². The van der Waals surface area contributed by atoms with E-state index in [-0.39, 0.29) is 18.4 Å². The number of hydrogen-bond donors (Lipinski definition) is 1. The summed E-state index contributed by atoms with van der Waals surface area (Å²) in [4.78, 5) is 16.8. The first-order valence-corrected chi connectivity index (χ1v) is 8.64. The van der Waals surface area contributed by atoms with Crippen LogP contribution < -0.4 is 10.1 Å². The Morgan fingerprint density at radius 2 is 1.88 bits per heavy atom. The fourth-order valence-electron chi connectivity index (χ4n) is 2.73. The predicted molar refractivity (Wildman–Crippen MR) is 101 cm³/mol. The largest absolute Gasteiger partial charge is 0.493 e. The van der Waals surface area contributed by atoms with E-state index in [0.717, 1.165) is 17.1 Å². The van der Waals surface area contributed by atoms with Crippen LogP contribution in [0.2, 0.25) is 0 Å². The van der Waals surface area contributed by atoms with Crippen molar-refractivity contribution in [2.24, 2.45) is 7.05 Å². The van der Waals surface area contributed by atoms with Gasteiger partial charge in [0.25, 0.3) is 0 Å². The van der Waals surface area contributed by atoms with Gasteiger partial charge in [-0.25, -0.2) is 4.98 Å². The average molecular weight is 349 g/mol. The van der Waals surface area contributed by atoms with Crippen molar-refractivity contribution in [3.8, 4) is 5.75 Å². The number of imidazole rings is 1. The maximum atomic E-state index is 12.4. The van der Waals surface area contributed by atoms with Crippen molar-refractivity contribution in [3.63, 3.8) is 0 Å². The van der Waals surface area contributed by atoms with Gasteiger partial charge in [-0.3, -0.25) is 4.79 Å². The highest BCUT2D eigenvalue weighted by Crippen LogP contribution is 2.20. The van der Waals surface area contributed by atoms with Crippen molar-refractivity contribution >= 4 is 5.91 Å². The Bertz CT molecular complexity index is 841. The highest BCUT2D eigenvalue weighted by atomic mass is 16.5. The number of ether oxygens (including phenoxy) is 1. The number of carbonyl (C=O) groups excluding carboxylic acids is 1. The van der Waals surface area contributed by atoms with Gasteiger partial charge in [0.05, 0.1) is 13.0 Å². The summed E-state index contributed by atoms with van der Waals surface area (Å²) in [5.41, 5.74) is 2.17. The molecule has 5 heteroatoms. The Kier molecular flexibility index (Phi) is 5.69. The summed E-state index contributed by atoms with van der Waals surface area (Å²) in [5.74, 6) is 1.49. The van der Waals surface area contributed by atoms with Crippen molar-refractivity contribution < 1.29 is 9.53 Å². The van der Waals surface area contributed by atoms with E-state index < -0.39 is 0 Å². The molecule has 0 radical (unpaired) electrons. The van der Waals surface area contributed by atoms with Gasteiger partial charge in [-0.1, -0.05) is 48.0 Å². The molecule has 3 aromatic rings. The number of aromatic nitrogens is 2. The molecule has 1 heterocycles. The molecule has 2 aromatic carbocycles. The normalized spacial score (nSPS) is 11.8. The molecule has 26 heavy (non-hydrogen) atoms. The van der Waals surface area contributed by atoms with Gasteiger partial charge < -0.3 is 14.6 Å². The molecule has 0 aliphatic carbocycles. The van der Waals surface area contributed by atoms with Crippen molar-refractivity contribution in [1.82, 2.24) is 14.9 Å². The first-order valence-electron chi connectivity index (χ1n) is 8.64. The minimum atomic E-state index is -0.289. The minimum absolute atomic E-state index is 0.0750. The average Bonchev–Trinajstić information content (AvgIpc) is 3.08. The summed E-state index contributed by atoms with van der Waals surface area (Å²) in [7, 11) is 1.92. The van der Waals surface area contributed by atoms with Gasteiger partial charge >= 0.3 is 0 Å². The van der Waals surface area contributed by atoms with Crippen LogP contribution in [0, 0.1) is 6.92 Å². The molecular formula is C21H23N3O2. The number of benzene rings is 2. The van der Waals surface area contributed by atoms with E-state index in [1.54, 1.807) is 6.20 Å². The second-order valence-electron chi connectivity index (χ2n) is 6.22. The maximum absolute atomic E-state index is 12.4. The molecule has 0 bridgehead atoms. The lowest BCUT2D eigenvalue weighted by molar-refractivity contribution is -0.122. The third kappa shape index (κ3) is 4.51. The SMILES string of the molecule is Cc1ccc(OCCC(=O)N[C@@H](c2ccccc2)c2nccn2C)cc1. The summed E-state index contributed by atoms with van der Waals surface area (Å²) in [6.45, 7) is 2.36. The van der Waals surface area contributed by atoms with Crippen LogP contribution in [0.5, 0.6) is 5.75 Å². The maximum Gasteiger partial charge on any atom is 0.224 e. The first-order chi connectivity index (χ1) is 12.6. The first kappa shape index (κ1) is 17.7. The quantitative estimate of drug-likeness (QED) is 0.711. The van der Waals surface area contributed by atoms with Crippen molar-refractivity contribution in [2.45, 2.75) is 19.4 Å². The molecule has 0 spiro atoms. The standard InChI is InChI=1S/C21H23N3O2/c1-16-8-10-18(11-9-16)26-15-12-19(25)23-20(17-6-4-3-5-7-17)21-22-13-14-24(21)2/h3-11,13-14,20H,12,15H2,1-2H3,(H,23,25)/t20-/m0/s1. The van der Waals surface area contributed by atoms with Crippen LogP contribution in [-0.4, -0.2) is 22.1 Å². The van der Waals surface area contributed by atoms with Gasteiger partial charge in [0.1, 0.15) is 17.6 Å². The van der Waals surface area contributed by atoms with E-state index in [1.165, 1.54) is 5.56 Å². The highest BCUT2D eigenvalue weighted by Gasteiger charge is 2.20. The van der Waals surface area contributed by atoms with Gasteiger partial charge in [0.15, 0.2) is 0 Å². The Morgan fingerprint density at radius 1 is 1.15 bits per heavy atom. The van der Waals surface area contributed by atoms with E-state index in [0.29, 0.717) is 6.61 Å². The van der Waals surface area contributed by atoms with Gasteiger partial charge in [-0.2, -0.15) is 0 Å². The Hall–Kier alpha value is -3.08. The number of carbonyl (C=O) groups is 1. The summed E-state index contributed by atoms with van der Waals surface area (Å²) in [6, 6.07) is 17.4. The number of amides is 1. The van der Waals surface area contributed by atoms with E-state index in [1.807, 2.05) is 79.3 Å². The fraction of sp³-hybridized carbons (Fsp3) is 0.238. The lowest BCUT2D eigenvalue weighted by Crippen LogP contribution is -2.31. The molecule has 0 saturated heterocycles. The van der Waals surface area contributed by atoms with Gasteiger partial charge in [0, 0.05) is 19.4 Å². The monoisotopic (exact) mass is 349 g/mol. The second kappa shape index (κ2) is 8.34. The molecule has 0 aliphatic heterocycles. The lowest BCUT2D eigenvalue weighted by atomic mass is 10.1. The van der Waals surface area contributed by atoms with Gasteiger partial charge in [0.2, 0.25) is 5.91 Å². The molecule has 3 rings (SSSR count). The Morgan fingerprint density at radius 3 is 2.54 bits per heavy atom. The molecule has 1 aromatic heterocycles. The lowest BCUT2D eigenvalue weighted by Gasteiger charge is -2.19. The summed E-state index contributed by atoms with van der Waals surface area (Å²) >= 11 is 0. The number of rotatable bonds is 7. The zero-order valence-electron chi connectivity index (χ0n) is 15.1. The molecule has 1 atom stereocenters. The molecule has 134 valence electrons. The van der Waals surface area contributed by atoms with E-state index >= 15 is 0 Å². The number of nitrogens with one attached hydrogen (secondary N) is 1. The molecule has 0 fully saturated rings.